The Balaban J connectivity index is 1.91. The van der Waals surface area contributed by atoms with Crippen LogP contribution in [0, 0.1) is 5.92 Å². The van der Waals surface area contributed by atoms with Crippen molar-refractivity contribution >= 4 is 5.97 Å². The fourth-order valence-corrected chi connectivity index (χ4v) is 2.70. The van der Waals surface area contributed by atoms with Crippen molar-refractivity contribution in [2.45, 2.75) is 31.9 Å². The van der Waals surface area contributed by atoms with E-state index in [-0.39, 0.29) is 5.92 Å². The lowest BCUT2D eigenvalue weighted by Crippen LogP contribution is -2.44. The fourth-order valence-electron chi connectivity index (χ4n) is 2.70. The third-order valence-corrected chi connectivity index (χ3v) is 4.07. The Kier molecular flexibility index (Phi) is 4.56. The quantitative estimate of drug-likeness (QED) is 0.871. The molecule has 0 spiro atoms. The predicted molar refractivity (Wildman–Crippen MR) is 72.8 cm³/mol. The predicted octanol–water partition coefficient (Wildman–Crippen LogP) is 1.91. The third-order valence-electron chi connectivity index (χ3n) is 4.07. The summed E-state index contributed by atoms with van der Waals surface area (Å²) in [5.74, 6) is -0.554. The highest BCUT2D eigenvalue weighted by molar-refractivity contribution is 5.72. The van der Waals surface area contributed by atoms with Gasteiger partial charge in [-0.15, -0.1) is 0 Å². The second-order valence-electron chi connectivity index (χ2n) is 5.24. The van der Waals surface area contributed by atoms with E-state index < -0.39 is 18.1 Å². The van der Waals surface area contributed by atoms with Crippen LogP contribution in [0.4, 0.5) is 0 Å². The number of likely N-dealkylation sites (tertiary alicyclic amines) is 1. The molecule has 1 aliphatic heterocycles. The Bertz CT molecular complexity index is 413. The summed E-state index contributed by atoms with van der Waals surface area (Å²) in [5.41, 5.74) is 0.951. The molecule has 0 bridgehead atoms. The van der Waals surface area contributed by atoms with E-state index in [0.29, 0.717) is 0 Å². The lowest BCUT2D eigenvalue weighted by Gasteiger charge is -2.36. The smallest absolute Gasteiger partial charge is 0.320 e. The number of aliphatic hydroxyl groups is 1. The number of rotatable bonds is 4. The highest BCUT2D eigenvalue weighted by atomic mass is 16.4. The molecule has 0 amide bonds. The molecule has 0 aliphatic carbocycles. The molecule has 4 heteroatoms. The van der Waals surface area contributed by atoms with E-state index in [1.54, 1.807) is 6.92 Å². The molecule has 1 aromatic rings. The third kappa shape index (κ3) is 3.33. The minimum atomic E-state index is -0.776. The van der Waals surface area contributed by atoms with Crippen LogP contribution in [0.5, 0.6) is 0 Å². The summed E-state index contributed by atoms with van der Waals surface area (Å²) in [4.78, 5) is 12.9. The van der Waals surface area contributed by atoms with Crippen LogP contribution in [0.25, 0.3) is 0 Å². The SMILES string of the molecule is CC(C(=O)O)N1CCC(C(O)c2ccccc2)CC1. The van der Waals surface area contributed by atoms with Crippen molar-refractivity contribution in [3.8, 4) is 0 Å². The van der Waals surface area contributed by atoms with Crippen LogP contribution >= 0.6 is 0 Å². The number of hydrogen-bond donors (Lipinski definition) is 2. The molecule has 1 aliphatic rings. The van der Waals surface area contributed by atoms with Gasteiger partial charge in [0.1, 0.15) is 6.04 Å². The molecule has 4 nitrogen and oxygen atoms in total. The Morgan fingerprint density at radius 3 is 2.37 bits per heavy atom. The fraction of sp³-hybridized carbons (Fsp3) is 0.533. The molecule has 1 aromatic carbocycles. The van der Waals surface area contributed by atoms with Crippen molar-refractivity contribution in [1.29, 1.82) is 0 Å². The first-order valence-electron chi connectivity index (χ1n) is 6.79. The van der Waals surface area contributed by atoms with Crippen LogP contribution < -0.4 is 0 Å². The van der Waals surface area contributed by atoms with Crippen LogP contribution in [0.2, 0.25) is 0 Å². The Morgan fingerprint density at radius 1 is 1.26 bits per heavy atom. The van der Waals surface area contributed by atoms with Crippen LogP contribution in [0.1, 0.15) is 31.4 Å². The Hall–Kier alpha value is -1.39. The molecule has 2 rings (SSSR count). The van der Waals surface area contributed by atoms with Gasteiger partial charge >= 0.3 is 5.97 Å². The number of nitrogens with zero attached hydrogens (tertiary/aromatic N) is 1. The Labute approximate surface area is 113 Å². The van der Waals surface area contributed by atoms with Gasteiger partial charge in [-0.3, -0.25) is 9.69 Å². The second-order valence-corrected chi connectivity index (χ2v) is 5.24. The van der Waals surface area contributed by atoms with Gasteiger partial charge in [-0.05, 0) is 44.3 Å². The topological polar surface area (TPSA) is 60.8 Å². The maximum atomic E-state index is 10.9. The lowest BCUT2D eigenvalue weighted by atomic mass is 9.87. The molecule has 1 fully saturated rings. The highest BCUT2D eigenvalue weighted by Crippen LogP contribution is 2.31. The second kappa shape index (κ2) is 6.17. The first kappa shape index (κ1) is 14.0. The number of aliphatic carboxylic acids is 1. The maximum absolute atomic E-state index is 10.9. The monoisotopic (exact) mass is 263 g/mol. The van der Waals surface area contributed by atoms with Crippen molar-refractivity contribution in [3.05, 3.63) is 35.9 Å². The lowest BCUT2D eigenvalue weighted by molar-refractivity contribution is -0.143. The molecule has 104 valence electrons. The summed E-state index contributed by atoms with van der Waals surface area (Å²) in [6.45, 7) is 3.19. The van der Waals surface area contributed by atoms with Gasteiger partial charge in [-0.2, -0.15) is 0 Å². The number of carbonyl (C=O) groups is 1. The van der Waals surface area contributed by atoms with Crippen molar-refractivity contribution in [2.75, 3.05) is 13.1 Å². The van der Waals surface area contributed by atoms with Crippen LogP contribution in [-0.2, 0) is 4.79 Å². The number of piperidine rings is 1. The van der Waals surface area contributed by atoms with E-state index in [0.717, 1.165) is 31.5 Å². The molecule has 2 atom stereocenters. The summed E-state index contributed by atoms with van der Waals surface area (Å²) in [6, 6.07) is 9.25. The summed E-state index contributed by atoms with van der Waals surface area (Å²) >= 11 is 0. The molecule has 0 aromatic heterocycles. The van der Waals surface area contributed by atoms with Crippen molar-refractivity contribution in [3.63, 3.8) is 0 Å². The summed E-state index contributed by atoms with van der Waals surface area (Å²) in [5, 5.41) is 19.3. The van der Waals surface area contributed by atoms with Gasteiger partial charge < -0.3 is 10.2 Å². The average Bonchev–Trinajstić information content (AvgIpc) is 2.46. The summed E-state index contributed by atoms with van der Waals surface area (Å²) < 4.78 is 0. The minimum absolute atomic E-state index is 0.222. The largest absolute Gasteiger partial charge is 0.480 e. The number of carboxylic acids is 1. The van der Waals surface area contributed by atoms with Gasteiger partial charge in [-0.1, -0.05) is 30.3 Å². The first-order valence-corrected chi connectivity index (χ1v) is 6.79. The molecule has 19 heavy (non-hydrogen) atoms. The number of carboxylic acid groups (broad SMARTS) is 1. The minimum Gasteiger partial charge on any atom is -0.480 e. The van der Waals surface area contributed by atoms with Gasteiger partial charge in [0, 0.05) is 0 Å². The van der Waals surface area contributed by atoms with Crippen LogP contribution in [0.3, 0.4) is 0 Å². The van der Waals surface area contributed by atoms with E-state index in [4.69, 9.17) is 5.11 Å². The van der Waals surface area contributed by atoms with Gasteiger partial charge in [0.05, 0.1) is 6.10 Å². The number of hydrogen-bond acceptors (Lipinski definition) is 3. The maximum Gasteiger partial charge on any atom is 0.320 e. The van der Waals surface area contributed by atoms with Crippen LogP contribution in [0.15, 0.2) is 30.3 Å². The summed E-state index contributed by atoms with van der Waals surface area (Å²) in [7, 11) is 0. The van der Waals surface area contributed by atoms with Gasteiger partial charge in [0.25, 0.3) is 0 Å². The highest BCUT2D eigenvalue weighted by Gasteiger charge is 2.30. The van der Waals surface area contributed by atoms with E-state index in [9.17, 15) is 9.90 Å². The molecule has 1 heterocycles. The van der Waals surface area contributed by atoms with Crippen LogP contribution in [-0.4, -0.2) is 40.2 Å². The zero-order valence-electron chi connectivity index (χ0n) is 11.2. The van der Waals surface area contributed by atoms with Crippen molar-refractivity contribution < 1.29 is 15.0 Å². The van der Waals surface area contributed by atoms with Gasteiger partial charge in [0.15, 0.2) is 0 Å². The molecule has 1 saturated heterocycles. The zero-order valence-corrected chi connectivity index (χ0v) is 11.2. The van der Waals surface area contributed by atoms with Gasteiger partial charge in [0.2, 0.25) is 0 Å². The zero-order chi connectivity index (χ0) is 13.8. The number of aliphatic hydroxyl groups excluding tert-OH is 1. The molecule has 0 radical (unpaired) electrons. The van der Waals surface area contributed by atoms with E-state index in [1.165, 1.54) is 0 Å². The molecular formula is C15H21NO3. The number of benzene rings is 1. The van der Waals surface area contributed by atoms with Crippen molar-refractivity contribution in [2.24, 2.45) is 5.92 Å². The molecular weight excluding hydrogens is 242 g/mol. The van der Waals surface area contributed by atoms with E-state index >= 15 is 0 Å². The van der Waals surface area contributed by atoms with E-state index in [1.807, 2.05) is 35.2 Å². The normalized spacial score (nSPS) is 20.9. The first-order chi connectivity index (χ1) is 9.09. The molecule has 2 N–H and O–H groups in total. The van der Waals surface area contributed by atoms with Gasteiger partial charge in [-0.25, -0.2) is 0 Å². The Morgan fingerprint density at radius 2 is 1.84 bits per heavy atom. The molecule has 0 saturated carbocycles. The molecule has 2 unspecified atom stereocenters. The van der Waals surface area contributed by atoms with Crippen molar-refractivity contribution in [1.82, 2.24) is 4.90 Å². The van der Waals surface area contributed by atoms with E-state index in [2.05, 4.69) is 0 Å². The standard InChI is InChI=1S/C15H21NO3/c1-11(15(18)19)16-9-7-13(8-10-16)14(17)12-5-3-2-4-6-12/h2-6,11,13-14,17H,7-10H2,1H3,(H,18,19). The summed E-state index contributed by atoms with van der Waals surface area (Å²) in [6.07, 6.45) is 1.24. The average molecular weight is 263 g/mol.